The van der Waals surface area contributed by atoms with Crippen molar-refractivity contribution in [3.8, 4) is 5.69 Å². The minimum atomic E-state index is -0.404. The number of urea groups is 1. The van der Waals surface area contributed by atoms with E-state index in [1.807, 2.05) is 47.2 Å². The van der Waals surface area contributed by atoms with Gasteiger partial charge in [0.25, 0.3) is 5.91 Å². The Morgan fingerprint density at radius 1 is 1.14 bits per heavy atom. The first-order chi connectivity index (χ1) is 10.1. The zero-order chi connectivity index (χ0) is 15.0. The number of carbonyl (C=O) groups excluding carboxylic acids is 2. The average molecular weight is 393 g/mol. The van der Waals surface area contributed by atoms with Crippen LogP contribution >= 0.6 is 22.6 Å². The average Bonchev–Trinajstić information content (AvgIpc) is 3.02. The highest BCUT2D eigenvalue weighted by atomic mass is 127. The number of nitrogens with zero attached hydrogens (tertiary/aromatic N) is 2. The van der Waals surface area contributed by atoms with Crippen molar-refractivity contribution in [1.82, 2.24) is 14.8 Å². The van der Waals surface area contributed by atoms with Crippen molar-refractivity contribution in [2.24, 2.45) is 0 Å². The summed E-state index contributed by atoms with van der Waals surface area (Å²) in [5, 5.41) is 2.56. The Hall–Kier alpha value is -2.09. The van der Waals surface area contributed by atoms with E-state index in [1.165, 1.54) is 7.05 Å². The SMILES string of the molecule is CN1C(=O)N/C(=C/c2cccn2-c2ccc(I)cc2)C1=O. The first-order valence-electron chi connectivity index (χ1n) is 6.30. The lowest BCUT2D eigenvalue weighted by Gasteiger charge is -2.07. The molecular weight excluding hydrogens is 381 g/mol. The summed E-state index contributed by atoms with van der Waals surface area (Å²) in [6.45, 7) is 0. The van der Waals surface area contributed by atoms with Crippen LogP contribution in [-0.2, 0) is 4.79 Å². The van der Waals surface area contributed by atoms with Crippen LogP contribution in [0, 0.1) is 3.57 Å². The Balaban J connectivity index is 1.99. The number of imide groups is 1. The lowest BCUT2D eigenvalue weighted by molar-refractivity contribution is -0.121. The minimum Gasteiger partial charge on any atom is -0.317 e. The molecule has 2 aromatic rings. The van der Waals surface area contributed by atoms with E-state index < -0.39 is 6.03 Å². The number of carbonyl (C=O) groups is 2. The summed E-state index contributed by atoms with van der Waals surface area (Å²) in [5.74, 6) is -0.324. The van der Waals surface area contributed by atoms with Gasteiger partial charge < -0.3 is 9.88 Å². The maximum Gasteiger partial charge on any atom is 0.328 e. The third kappa shape index (κ3) is 2.58. The second kappa shape index (κ2) is 5.36. The normalized spacial score (nSPS) is 16.7. The van der Waals surface area contributed by atoms with Crippen molar-refractivity contribution in [2.75, 3.05) is 7.05 Å². The highest BCUT2D eigenvalue weighted by Crippen LogP contribution is 2.18. The van der Waals surface area contributed by atoms with Crippen molar-refractivity contribution >= 4 is 40.6 Å². The molecule has 1 aromatic heterocycles. The minimum absolute atomic E-state index is 0.285. The molecule has 106 valence electrons. The molecule has 1 fully saturated rings. The number of likely N-dealkylation sites (N-methyl/N-ethyl adjacent to an activating group) is 1. The van der Waals surface area contributed by atoms with Crippen molar-refractivity contribution in [3.05, 3.63) is 57.6 Å². The number of halogens is 1. The Bertz CT molecular complexity index is 747. The molecule has 21 heavy (non-hydrogen) atoms. The fourth-order valence-electron chi connectivity index (χ4n) is 2.12. The van der Waals surface area contributed by atoms with E-state index in [9.17, 15) is 9.59 Å². The molecular formula is C15H12IN3O2. The Labute approximate surface area is 135 Å². The summed E-state index contributed by atoms with van der Waals surface area (Å²) in [6.07, 6.45) is 3.60. The molecule has 0 aliphatic carbocycles. The molecule has 5 nitrogen and oxygen atoms in total. The van der Waals surface area contributed by atoms with Crippen LogP contribution in [0.4, 0.5) is 4.79 Å². The van der Waals surface area contributed by atoms with Crippen molar-refractivity contribution in [3.63, 3.8) is 0 Å². The number of aromatic nitrogens is 1. The quantitative estimate of drug-likeness (QED) is 0.485. The third-order valence-corrected chi connectivity index (χ3v) is 3.98. The maximum atomic E-state index is 11.9. The molecule has 6 heteroatoms. The fourth-order valence-corrected chi connectivity index (χ4v) is 2.48. The van der Waals surface area contributed by atoms with Crippen LogP contribution in [0.15, 0.2) is 48.3 Å². The van der Waals surface area contributed by atoms with Gasteiger partial charge in [-0.15, -0.1) is 0 Å². The number of hydrogen-bond donors (Lipinski definition) is 1. The topological polar surface area (TPSA) is 54.3 Å². The third-order valence-electron chi connectivity index (χ3n) is 3.26. The van der Waals surface area contributed by atoms with E-state index in [0.717, 1.165) is 19.9 Å². The van der Waals surface area contributed by atoms with Gasteiger partial charge in [-0.2, -0.15) is 0 Å². The van der Waals surface area contributed by atoms with Crippen molar-refractivity contribution < 1.29 is 9.59 Å². The summed E-state index contributed by atoms with van der Waals surface area (Å²) < 4.78 is 3.11. The first-order valence-corrected chi connectivity index (χ1v) is 7.38. The van der Waals surface area contributed by atoms with Crippen LogP contribution in [0.1, 0.15) is 5.69 Å². The van der Waals surface area contributed by atoms with Gasteiger partial charge in [0.15, 0.2) is 0 Å². The van der Waals surface area contributed by atoms with Crippen LogP contribution in [-0.4, -0.2) is 28.5 Å². The number of hydrogen-bond acceptors (Lipinski definition) is 2. The van der Waals surface area contributed by atoms with E-state index in [1.54, 1.807) is 6.08 Å². The van der Waals surface area contributed by atoms with Gasteiger partial charge in [-0.1, -0.05) is 0 Å². The van der Waals surface area contributed by atoms with Gasteiger partial charge in [0.2, 0.25) is 0 Å². The zero-order valence-corrected chi connectivity index (χ0v) is 13.4. The summed E-state index contributed by atoms with van der Waals surface area (Å²) in [7, 11) is 1.46. The molecule has 1 aliphatic heterocycles. The van der Waals surface area contributed by atoms with E-state index in [4.69, 9.17) is 0 Å². The molecule has 3 rings (SSSR count). The van der Waals surface area contributed by atoms with Crippen LogP contribution in [0.3, 0.4) is 0 Å². The van der Waals surface area contributed by atoms with Crippen molar-refractivity contribution in [2.45, 2.75) is 0 Å². The van der Waals surface area contributed by atoms with Gasteiger partial charge in [-0.3, -0.25) is 9.69 Å². The molecule has 1 N–H and O–H groups in total. The van der Waals surface area contributed by atoms with E-state index in [2.05, 4.69) is 27.9 Å². The molecule has 1 aromatic carbocycles. The second-order valence-electron chi connectivity index (χ2n) is 4.63. The molecule has 3 amide bonds. The summed E-state index contributed by atoms with van der Waals surface area (Å²) in [6, 6.07) is 11.4. The fraction of sp³-hybridized carbons (Fsp3) is 0.0667. The standard InChI is InChI=1S/C15H12IN3O2/c1-18-14(20)13(17-15(18)21)9-12-3-2-8-19(12)11-6-4-10(16)5-7-11/h2-9H,1H3,(H,17,21)/b13-9+. The Kier molecular flexibility index (Phi) is 3.54. The molecule has 1 aliphatic rings. The highest BCUT2D eigenvalue weighted by Gasteiger charge is 2.30. The first kappa shape index (κ1) is 13.9. The Morgan fingerprint density at radius 3 is 2.48 bits per heavy atom. The second-order valence-corrected chi connectivity index (χ2v) is 5.88. The largest absolute Gasteiger partial charge is 0.328 e. The molecule has 0 bridgehead atoms. The van der Waals surface area contributed by atoms with E-state index >= 15 is 0 Å². The van der Waals surface area contributed by atoms with Gasteiger partial charge in [0, 0.05) is 28.2 Å². The van der Waals surface area contributed by atoms with E-state index in [-0.39, 0.29) is 11.6 Å². The summed E-state index contributed by atoms with van der Waals surface area (Å²) in [4.78, 5) is 24.4. The number of benzene rings is 1. The predicted octanol–water partition coefficient (Wildman–Crippen LogP) is 2.60. The summed E-state index contributed by atoms with van der Waals surface area (Å²) in [5.41, 5.74) is 2.11. The van der Waals surface area contributed by atoms with Gasteiger partial charge in [0.1, 0.15) is 5.70 Å². The zero-order valence-electron chi connectivity index (χ0n) is 11.2. The molecule has 1 saturated heterocycles. The Morgan fingerprint density at radius 2 is 1.86 bits per heavy atom. The molecule has 0 unspecified atom stereocenters. The lowest BCUT2D eigenvalue weighted by Crippen LogP contribution is -2.25. The van der Waals surface area contributed by atoms with Crippen LogP contribution in [0.25, 0.3) is 11.8 Å². The number of rotatable bonds is 2. The number of amides is 3. The smallest absolute Gasteiger partial charge is 0.317 e. The van der Waals surface area contributed by atoms with E-state index in [0.29, 0.717) is 0 Å². The van der Waals surface area contributed by atoms with Crippen LogP contribution in [0.5, 0.6) is 0 Å². The molecule has 0 atom stereocenters. The molecule has 2 heterocycles. The monoisotopic (exact) mass is 393 g/mol. The maximum absolute atomic E-state index is 11.9. The predicted molar refractivity (Wildman–Crippen MR) is 87.8 cm³/mol. The highest BCUT2D eigenvalue weighted by molar-refractivity contribution is 14.1. The van der Waals surface area contributed by atoms with Crippen LogP contribution < -0.4 is 5.32 Å². The van der Waals surface area contributed by atoms with Gasteiger partial charge in [0.05, 0.1) is 0 Å². The molecule has 0 spiro atoms. The van der Waals surface area contributed by atoms with Gasteiger partial charge >= 0.3 is 6.03 Å². The molecule has 0 radical (unpaired) electrons. The number of nitrogens with one attached hydrogen (secondary N) is 1. The van der Waals surface area contributed by atoms with Gasteiger partial charge in [-0.25, -0.2) is 4.79 Å². The van der Waals surface area contributed by atoms with Crippen LogP contribution in [0.2, 0.25) is 0 Å². The molecule has 0 saturated carbocycles. The van der Waals surface area contributed by atoms with Crippen molar-refractivity contribution in [1.29, 1.82) is 0 Å². The summed E-state index contributed by atoms with van der Waals surface area (Å²) >= 11 is 2.25. The van der Waals surface area contributed by atoms with Gasteiger partial charge in [-0.05, 0) is 65.1 Å². The lowest BCUT2D eigenvalue weighted by atomic mass is 10.3.